The Morgan fingerprint density at radius 1 is 1.30 bits per heavy atom. The van der Waals surface area contributed by atoms with Crippen molar-refractivity contribution >= 4 is 15.9 Å². The monoisotopic (exact) mass is 332 g/mol. The number of ether oxygens (including phenoxy) is 1. The van der Waals surface area contributed by atoms with E-state index in [0.717, 1.165) is 15.9 Å². The van der Waals surface area contributed by atoms with Crippen LogP contribution in [0, 0.1) is 0 Å². The zero-order valence-corrected chi connectivity index (χ0v) is 12.9. The van der Waals surface area contributed by atoms with Crippen LogP contribution in [0.5, 0.6) is 5.75 Å². The van der Waals surface area contributed by atoms with Crippen LogP contribution in [0.1, 0.15) is 30.1 Å². The first-order valence-electron chi connectivity index (χ1n) is 6.81. The molecule has 1 N–H and O–H groups in total. The van der Waals surface area contributed by atoms with Gasteiger partial charge in [-0.15, -0.1) is 0 Å². The molecule has 4 heteroatoms. The number of pyridine rings is 1. The lowest BCUT2D eigenvalue weighted by molar-refractivity contribution is 0.302. The van der Waals surface area contributed by atoms with E-state index < -0.39 is 0 Å². The number of nitrogens with one attached hydrogen (secondary N) is 1. The SMILES string of the molecule is CNC(c1cccc(OC2CC2)c1)c1ccc(Br)cn1. The Morgan fingerprint density at radius 2 is 2.15 bits per heavy atom. The number of benzene rings is 1. The predicted octanol–water partition coefficient (Wildman–Crippen LogP) is 3.69. The second-order valence-corrected chi connectivity index (χ2v) is 5.93. The van der Waals surface area contributed by atoms with Crippen LogP contribution in [0.15, 0.2) is 47.1 Å². The van der Waals surface area contributed by atoms with Gasteiger partial charge in [-0.2, -0.15) is 0 Å². The molecule has 1 aromatic carbocycles. The summed E-state index contributed by atoms with van der Waals surface area (Å²) >= 11 is 3.42. The minimum atomic E-state index is 0.0749. The standard InChI is InChI=1S/C16H17BrN2O/c1-18-16(15-8-5-12(17)10-19-15)11-3-2-4-14(9-11)20-13-6-7-13/h2-5,8-10,13,16,18H,6-7H2,1H3. The summed E-state index contributed by atoms with van der Waals surface area (Å²) in [6, 6.07) is 12.4. The van der Waals surface area contributed by atoms with Crippen LogP contribution < -0.4 is 10.1 Å². The maximum absolute atomic E-state index is 5.86. The molecule has 1 aliphatic carbocycles. The average Bonchev–Trinajstić information content (AvgIpc) is 3.26. The number of nitrogens with zero attached hydrogens (tertiary/aromatic N) is 1. The second kappa shape index (κ2) is 5.94. The fourth-order valence-corrected chi connectivity index (χ4v) is 2.42. The lowest BCUT2D eigenvalue weighted by Gasteiger charge is -2.17. The van der Waals surface area contributed by atoms with Gasteiger partial charge in [-0.1, -0.05) is 12.1 Å². The topological polar surface area (TPSA) is 34.1 Å². The first-order valence-corrected chi connectivity index (χ1v) is 7.61. The van der Waals surface area contributed by atoms with Crippen LogP contribution in [0.25, 0.3) is 0 Å². The highest BCUT2D eigenvalue weighted by atomic mass is 79.9. The third kappa shape index (κ3) is 3.19. The van der Waals surface area contributed by atoms with Crippen LogP contribution in [0.2, 0.25) is 0 Å². The molecular weight excluding hydrogens is 316 g/mol. The van der Waals surface area contributed by atoms with Gasteiger partial charge in [-0.05, 0) is 65.6 Å². The molecule has 1 unspecified atom stereocenters. The van der Waals surface area contributed by atoms with E-state index in [1.165, 1.54) is 18.4 Å². The Balaban J connectivity index is 1.85. The molecule has 0 spiro atoms. The quantitative estimate of drug-likeness (QED) is 0.906. The Bertz CT molecular complexity index is 581. The fourth-order valence-electron chi connectivity index (χ4n) is 2.19. The van der Waals surface area contributed by atoms with Crippen molar-refractivity contribution in [1.29, 1.82) is 0 Å². The van der Waals surface area contributed by atoms with Crippen LogP contribution in [-0.4, -0.2) is 18.1 Å². The normalized spacial score (nSPS) is 15.9. The van der Waals surface area contributed by atoms with Gasteiger partial charge in [0.25, 0.3) is 0 Å². The first-order chi connectivity index (χ1) is 9.76. The van der Waals surface area contributed by atoms with Crippen molar-refractivity contribution in [3.05, 3.63) is 58.3 Å². The zero-order chi connectivity index (χ0) is 13.9. The largest absolute Gasteiger partial charge is 0.490 e. The van der Waals surface area contributed by atoms with Crippen LogP contribution >= 0.6 is 15.9 Å². The molecule has 1 saturated carbocycles. The molecule has 0 amide bonds. The van der Waals surface area contributed by atoms with Crippen molar-refractivity contribution in [3.8, 4) is 5.75 Å². The summed E-state index contributed by atoms with van der Waals surface area (Å²) in [4.78, 5) is 4.48. The number of hydrogen-bond acceptors (Lipinski definition) is 3. The molecule has 20 heavy (non-hydrogen) atoms. The Morgan fingerprint density at radius 3 is 2.80 bits per heavy atom. The summed E-state index contributed by atoms with van der Waals surface area (Å²) in [5.74, 6) is 0.947. The molecule has 1 atom stereocenters. The van der Waals surface area contributed by atoms with Gasteiger partial charge in [0, 0.05) is 10.7 Å². The van der Waals surface area contributed by atoms with Gasteiger partial charge in [0.1, 0.15) is 5.75 Å². The Hall–Kier alpha value is -1.39. The van der Waals surface area contributed by atoms with E-state index in [1.807, 2.05) is 37.5 Å². The maximum Gasteiger partial charge on any atom is 0.120 e. The lowest BCUT2D eigenvalue weighted by Crippen LogP contribution is -2.18. The second-order valence-electron chi connectivity index (χ2n) is 5.01. The van der Waals surface area contributed by atoms with Crippen LogP contribution in [0.3, 0.4) is 0 Å². The number of aromatic nitrogens is 1. The van der Waals surface area contributed by atoms with Gasteiger partial charge in [0.15, 0.2) is 0 Å². The van der Waals surface area contributed by atoms with Crippen molar-refractivity contribution in [2.45, 2.75) is 25.0 Å². The van der Waals surface area contributed by atoms with Gasteiger partial charge >= 0.3 is 0 Å². The summed E-state index contributed by atoms with van der Waals surface area (Å²) < 4.78 is 6.85. The van der Waals surface area contributed by atoms with Crippen molar-refractivity contribution in [2.24, 2.45) is 0 Å². The van der Waals surface area contributed by atoms with Gasteiger partial charge in [-0.3, -0.25) is 4.98 Å². The van der Waals surface area contributed by atoms with E-state index in [-0.39, 0.29) is 6.04 Å². The van der Waals surface area contributed by atoms with Crippen molar-refractivity contribution in [2.75, 3.05) is 7.05 Å². The fraction of sp³-hybridized carbons (Fsp3) is 0.312. The van der Waals surface area contributed by atoms with E-state index in [4.69, 9.17) is 4.74 Å². The summed E-state index contributed by atoms with van der Waals surface area (Å²) in [6.45, 7) is 0. The number of hydrogen-bond donors (Lipinski definition) is 1. The summed E-state index contributed by atoms with van der Waals surface area (Å²) in [5.41, 5.74) is 2.17. The molecule has 1 fully saturated rings. The summed E-state index contributed by atoms with van der Waals surface area (Å²) in [6.07, 6.45) is 4.59. The number of rotatable bonds is 5. The van der Waals surface area contributed by atoms with Crippen LogP contribution in [0.4, 0.5) is 0 Å². The highest BCUT2D eigenvalue weighted by molar-refractivity contribution is 9.10. The summed E-state index contributed by atoms with van der Waals surface area (Å²) in [7, 11) is 1.95. The van der Waals surface area contributed by atoms with E-state index in [9.17, 15) is 0 Å². The molecule has 1 aliphatic rings. The Kier molecular flexibility index (Phi) is 4.03. The van der Waals surface area contributed by atoms with E-state index in [2.05, 4.69) is 38.4 Å². The lowest BCUT2D eigenvalue weighted by atomic mass is 10.0. The molecular formula is C16H17BrN2O. The molecule has 1 heterocycles. The minimum Gasteiger partial charge on any atom is -0.490 e. The van der Waals surface area contributed by atoms with E-state index in [1.54, 1.807) is 0 Å². The van der Waals surface area contributed by atoms with Gasteiger partial charge in [-0.25, -0.2) is 0 Å². The molecule has 1 aromatic heterocycles. The molecule has 3 rings (SSSR count). The molecule has 0 saturated heterocycles. The third-order valence-electron chi connectivity index (χ3n) is 3.35. The Labute approximate surface area is 127 Å². The minimum absolute atomic E-state index is 0.0749. The van der Waals surface area contributed by atoms with Crippen molar-refractivity contribution in [1.82, 2.24) is 10.3 Å². The first kappa shape index (κ1) is 13.6. The van der Waals surface area contributed by atoms with Crippen molar-refractivity contribution < 1.29 is 4.74 Å². The molecule has 104 valence electrons. The molecule has 2 aromatic rings. The molecule has 0 radical (unpaired) electrons. The van der Waals surface area contributed by atoms with Crippen molar-refractivity contribution in [3.63, 3.8) is 0 Å². The number of halogens is 1. The van der Waals surface area contributed by atoms with E-state index in [0.29, 0.717) is 6.10 Å². The molecule has 0 bridgehead atoms. The van der Waals surface area contributed by atoms with Gasteiger partial charge in [0.05, 0.1) is 17.8 Å². The maximum atomic E-state index is 5.86. The van der Waals surface area contributed by atoms with E-state index >= 15 is 0 Å². The molecule has 0 aliphatic heterocycles. The smallest absolute Gasteiger partial charge is 0.120 e. The van der Waals surface area contributed by atoms with Crippen LogP contribution in [-0.2, 0) is 0 Å². The van der Waals surface area contributed by atoms with Gasteiger partial charge < -0.3 is 10.1 Å². The summed E-state index contributed by atoms with van der Waals surface area (Å²) in [5, 5.41) is 3.32. The molecule has 3 nitrogen and oxygen atoms in total. The zero-order valence-electron chi connectivity index (χ0n) is 11.3. The highest BCUT2D eigenvalue weighted by Gasteiger charge is 2.24. The predicted molar refractivity (Wildman–Crippen MR) is 82.9 cm³/mol. The third-order valence-corrected chi connectivity index (χ3v) is 3.82. The average molecular weight is 333 g/mol. The van der Waals surface area contributed by atoms with Gasteiger partial charge in [0.2, 0.25) is 0 Å². The highest BCUT2D eigenvalue weighted by Crippen LogP contribution is 2.29.